The fourth-order valence-corrected chi connectivity index (χ4v) is 4.27. The van der Waals surface area contributed by atoms with Gasteiger partial charge in [0, 0.05) is 17.0 Å². The highest BCUT2D eigenvalue weighted by Gasteiger charge is 2.16. The van der Waals surface area contributed by atoms with Crippen molar-refractivity contribution < 1.29 is 4.79 Å². The molecule has 164 valence electrons. The molecular formula is C24H27N7O. The van der Waals surface area contributed by atoms with Gasteiger partial charge in [-0.2, -0.15) is 5.10 Å². The molecule has 2 heterocycles. The molecule has 5 rings (SSSR count). The first-order chi connectivity index (χ1) is 15.7. The van der Waals surface area contributed by atoms with Crippen molar-refractivity contribution in [1.29, 1.82) is 0 Å². The fourth-order valence-electron chi connectivity index (χ4n) is 4.27. The number of fused-ring (bicyclic) bond motifs is 1. The van der Waals surface area contributed by atoms with E-state index in [0.717, 1.165) is 35.0 Å². The summed E-state index contributed by atoms with van der Waals surface area (Å²) in [5.74, 6) is 0.456. The summed E-state index contributed by atoms with van der Waals surface area (Å²) in [5.41, 5.74) is 3.73. The normalized spacial score (nSPS) is 14.6. The maximum atomic E-state index is 12.5. The molecule has 0 unspecified atom stereocenters. The van der Waals surface area contributed by atoms with Crippen LogP contribution in [-0.2, 0) is 11.3 Å². The molecule has 1 fully saturated rings. The van der Waals surface area contributed by atoms with Crippen LogP contribution in [0.2, 0.25) is 0 Å². The van der Waals surface area contributed by atoms with Crippen molar-refractivity contribution in [1.82, 2.24) is 30.5 Å². The van der Waals surface area contributed by atoms with Crippen molar-refractivity contribution in [3.63, 3.8) is 0 Å². The third-order valence-electron chi connectivity index (χ3n) is 6.00. The summed E-state index contributed by atoms with van der Waals surface area (Å²) in [6, 6.07) is 16.5. The van der Waals surface area contributed by atoms with E-state index in [4.69, 9.17) is 0 Å². The van der Waals surface area contributed by atoms with Crippen LogP contribution in [0.5, 0.6) is 0 Å². The number of nitrogens with zero attached hydrogens (tertiary/aromatic N) is 4. The number of carbonyl (C=O) groups excluding carboxylic acids is 1. The summed E-state index contributed by atoms with van der Waals surface area (Å²) < 4.78 is 1.82. The van der Waals surface area contributed by atoms with Gasteiger partial charge in [-0.25, -0.2) is 4.68 Å². The van der Waals surface area contributed by atoms with Gasteiger partial charge in [-0.15, -0.1) is 5.10 Å². The minimum Gasteiger partial charge on any atom is -0.308 e. The molecule has 0 aliphatic heterocycles. The van der Waals surface area contributed by atoms with Gasteiger partial charge >= 0.3 is 0 Å². The Morgan fingerprint density at radius 2 is 1.94 bits per heavy atom. The first kappa shape index (κ1) is 20.4. The average Bonchev–Trinajstić information content (AvgIpc) is 3.46. The smallest absolute Gasteiger partial charge is 0.239 e. The van der Waals surface area contributed by atoms with Gasteiger partial charge in [-0.1, -0.05) is 60.9 Å². The minimum absolute atomic E-state index is 0.0804. The fraction of sp³-hybridized carbons (Fsp3) is 0.333. The summed E-state index contributed by atoms with van der Waals surface area (Å²) in [6.07, 6.45) is 8.00. The molecule has 1 aliphatic carbocycles. The Labute approximate surface area is 186 Å². The molecule has 1 saturated carbocycles. The van der Waals surface area contributed by atoms with Crippen LogP contribution in [0.1, 0.15) is 37.7 Å². The van der Waals surface area contributed by atoms with Crippen LogP contribution in [0.3, 0.4) is 0 Å². The van der Waals surface area contributed by atoms with Gasteiger partial charge in [-0.3, -0.25) is 9.89 Å². The lowest BCUT2D eigenvalue weighted by atomic mass is 9.95. The van der Waals surface area contributed by atoms with Gasteiger partial charge < -0.3 is 10.6 Å². The zero-order chi connectivity index (χ0) is 21.8. The van der Waals surface area contributed by atoms with Crippen LogP contribution in [0.15, 0.2) is 54.7 Å². The monoisotopic (exact) mass is 429 g/mol. The maximum absolute atomic E-state index is 12.5. The molecule has 0 atom stereocenters. The zero-order valence-corrected chi connectivity index (χ0v) is 17.9. The summed E-state index contributed by atoms with van der Waals surface area (Å²) in [6.45, 7) is 0.962. The van der Waals surface area contributed by atoms with E-state index in [1.807, 2.05) is 47.3 Å². The lowest BCUT2D eigenvalue weighted by molar-refractivity contribution is -0.115. The second kappa shape index (κ2) is 9.32. The van der Waals surface area contributed by atoms with Crippen LogP contribution in [0.25, 0.3) is 22.2 Å². The number of carbonyl (C=O) groups is 1. The lowest BCUT2D eigenvalue weighted by Crippen LogP contribution is -2.37. The highest BCUT2D eigenvalue weighted by Crippen LogP contribution is 2.26. The molecule has 1 aliphatic rings. The number of nitrogens with one attached hydrogen (secondary N) is 3. The largest absolute Gasteiger partial charge is 0.308 e. The highest BCUT2D eigenvalue weighted by atomic mass is 16.2. The Morgan fingerprint density at radius 3 is 2.78 bits per heavy atom. The van der Waals surface area contributed by atoms with E-state index in [1.54, 1.807) is 0 Å². The van der Waals surface area contributed by atoms with Gasteiger partial charge in [0.15, 0.2) is 5.82 Å². The van der Waals surface area contributed by atoms with Crippen molar-refractivity contribution in [3.8, 4) is 11.3 Å². The number of hydrogen-bond acceptors (Lipinski definition) is 5. The molecule has 3 N–H and O–H groups in total. The lowest BCUT2D eigenvalue weighted by Gasteiger charge is -2.22. The van der Waals surface area contributed by atoms with E-state index in [9.17, 15) is 4.79 Å². The molecule has 32 heavy (non-hydrogen) atoms. The summed E-state index contributed by atoms with van der Waals surface area (Å²) in [5, 5.41) is 23.0. The molecule has 0 saturated heterocycles. The standard InChI is InChI=1S/C24H27N7O/c32-23(14-25-19-9-5-2-6-10-19)26-24-20-13-18(11-12-21(20)27-29-24)22-16-31(30-28-22)15-17-7-3-1-4-8-17/h1,3-4,7-8,11-13,16,19,25H,2,5-6,9-10,14-15H2,(H2,26,27,29,32). The SMILES string of the molecule is O=C(CNC1CCCCC1)Nc1n[nH]c2ccc(-c3cn(Cc4ccccc4)nn3)cc12. The number of anilines is 1. The quantitative estimate of drug-likeness (QED) is 0.416. The van der Waals surface area contributed by atoms with Crippen molar-refractivity contribution in [2.24, 2.45) is 0 Å². The van der Waals surface area contributed by atoms with Crippen LogP contribution in [0.4, 0.5) is 5.82 Å². The highest BCUT2D eigenvalue weighted by molar-refractivity contribution is 6.01. The topological polar surface area (TPSA) is 101 Å². The summed E-state index contributed by atoms with van der Waals surface area (Å²) in [7, 11) is 0. The number of rotatable bonds is 7. The van der Waals surface area contributed by atoms with Crippen LogP contribution in [-0.4, -0.2) is 43.7 Å². The summed E-state index contributed by atoms with van der Waals surface area (Å²) >= 11 is 0. The summed E-state index contributed by atoms with van der Waals surface area (Å²) in [4.78, 5) is 12.5. The van der Waals surface area contributed by atoms with Crippen LogP contribution < -0.4 is 10.6 Å². The Kier molecular flexibility index (Phi) is 5.93. The molecule has 4 aromatic rings. The predicted molar refractivity (Wildman–Crippen MR) is 124 cm³/mol. The Bertz CT molecular complexity index is 1190. The average molecular weight is 430 g/mol. The molecule has 1 amide bonds. The molecule has 2 aromatic heterocycles. The van der Waals surface area contributed by atoms with Gasteiger partial charge in [0.1, 0.15) is 5.69 Å². The second-order valence-electron chi connectivity index (χ2n) is 8.38. The van der Waals surface area contributed by atoms with Gasteiger partial charge in [-0.05, 0) is 30.5 Å². The molecule has 8 nitrogen and oxygen atoms in total. The van der Waals surface area contributed by atoms with Gasteiger partial charge in [0.05, 0.1) is 24.8 Å². The molecular weight excluding hydrogens is 402 g/mol. The van der Waals surface area contributed by atoms with Gasteiger partial charge in [0.25, 0.3) is 0 Å². The number of hydrogen-bond donors (Lipinski definition) is 3. The number of aromatic nitrogens is 5. The maximum Gasteiger partial charge on any atom is 0.239 e. The Hall–Kier alpha value is -3.52. The van der Waals surface area contributed by atoms with Crippen molar-refractivity contribution >= 4 is 22.6 Å². The van der Waals surface area contributed by atoms with Crippen LogP contribution in [0, 0.1) is 0 Å². The van der Waals surface area contributed by atoms with Gasteiger partial charge in [0.2, 0.25) is 5.91 Å². The molecule has 2 aromatic carbocycles. The first-order valence-corrected chi connectivity index (χ1v) is 11.2. The van der Waals surface area contributed by atoms with Crippen molar-refractivity contribution in [2.75, 3.05) is 11.9 Å². The zero-order valence-electron chi connectivity index (χ0n) is 17.9. The second-order valence-corrected chi connectivity index (χ2v) is 8.38. The van der Waals surface area contributed by atoms with E-state index >= 15 is 0 Å². The number of aromatic amines is 1. The molecule has 8 heteroatoms. The van der Waals surface area contributed by atoms with E-state index in [0.29, 0.717) is 24.9 Å². The first-order valence-electron chi connectivity index (χ1n) is 11.2. The minimum atomic E-state index is -0.0804. The molecule has 0 bridgehead atoms. The van der Waals surface area contributed by atoms with Crippen molar-refractivity contribution in [3.05, 3.63) is 60.3 Å². The predicted octanol–water partition coefficient (Wildman–Crippen LogP) is 3.73. The van der Waals surface area contributed by atoms with E-state index in [-0.39, 0.29) is 5.91 Å². The third kappa shape index (κ3) is 4.70. The Balaban J connectivity index is 1.28. The van der Waals surface area contributed by atoms with Crippen molar-refractivity contribution in [2.45, 2.75) is 44.7 Å². The molecule has 0 spiro atoms. The number of amides is 1. The van der Waals surface area contributed by atoms with E-state index < -0.39 is 0 Å². The number of benzene rings is 2. The number of H-pyrrole nitrogens is 1. The Morgan fingerprint density at radius 1 is 1.09 bits per heavy atom. The molecule has 0 radical (unpaired) electrons. The van der Waals surface area contributed by atoms with E-state index in [1.165, 1.54) is 24.8 Å². The van der Waals surface area contributed by atoms with Crippen LogP contribution >= 0.6 is 0 Å². The van der Waals surface area contributed by atoms with E-state index in [2.05, 4.69) is 43.3 Å². The third-order valence-corrected chi connectivity index (χ3v) is 6.00.